The van der Waals surface area contributed by atoms with Gasteiger partial charge in [0.2, 0.25) is 0 Å². The quantitative estimate of drug-likeness (QED) is 0.130. The summed E-state index contributed by atoms with van der Waals surface area (Å²) >= 11 is 0. The van der Waals surface area contributed by atoms with Crippen LogP contribution in [-0.2, 0) is 16.5 Å². The van der Waals surface area contributed by atoms with E-state index in [1.165, 1.54) is 89.5 Å². The van der Waals surface area contributed by atoms with Crippen LogP contribution in [0.2, 0.25) is 39.3 Å². The summed E-state index contributed by atoms with van der Waals surface area (Å²) in [6, 6.07) is 37.8. The van der Waals surface area contributed by atoms with Crippen LogP contribution in [0.1, 0.15) is 61.1 Å². The molecule has 0 bridgehead atoms. The molecule has 1 spiro atoms. The minimum atomic E-state index is -1.81. The van der Waals surface area contributed by atoms with E-state index in [1.807, 2.05) is 0 Å². The van der Waals surface area contributed by atoms with Crippen molar-refractivity contribution in [2.45, 2.75) is 83.5 Å². The molecule has 0 amide bonds. The van der Waals surface area contributed by atoms with Crippen LogP contribution in [-0.4, -0.2) is 16.1 Å². The molecule has 0 aliphatic carbocycles. The smallest absolute Gasteiger partial charge is 0.323 e. The number of benzene rings is 4. The van der Waals surface area contributed by atoms with Crippen LogP contribution >= 0.6 is 0 Å². The molecule has 6 aliphatic heterocycles. The van der Waals surface area contributed by atoms with Crippen LogP contribution < -0.4 is 34.0 Å². The maximum absolute atomic E-state index is 7.26. The Morgan fingerprint density at radius 1 is 0.500 bits per heavy atom. The first kappa shape index (κ1) is 31.4. The molecule has 0 unspecified atom stereocenters. The molecule has 8 heterocycles. The van der Waals surface area contributed by atoms with Crippen molar-refractivity contribution in [1.82, 2.24) is 0 Å². The molecule has 7 heteroatoms. The predicted molar refractivity (Wildman–Crippen MR) is 223 cm³/mol. The molecule has 0 radical (unpaired) electrons. The minimum Gasteiger partial charge on any atom is -0.456 e. The zero-order chi connectivity index (χ0) is 37.2. The van der Waals surface area contributed by atoms with Crippen LogP contribution in [0.3, 0.4) is 0 Å². The Morgan fingerprint density at radius 2 is 0.907 bits per heavy atom. The van der Waals surface area contributed by atoms with Gasteiger partial charge in [-0.2, -0.15) is 18.9 Å². The second-order valence-electron chi connectivity index (χ2n) is 19.5. The molecule has 4 aromatic carbocycles. The molecular formula is C47H46N4OSi2+2. The third kappa shape index (κ3) is 3.25. The summed E-state index contributed by atoms with van der Waals surface area (Å²) in [6.07, 6.45) is 0. The fraction of sp³-hybridized carbons (Fsp3) is 0.277. The van der Waals surface area contributed by atoms with Crippen molar-refractivity contribution >= 4 is 60.9 Å². The molecule has 0 saturated carbocycles. The van der Waals surface area contributed by atoms with Crippen LogP contribution in [0.25, 0.3) is 11.4 Å². The van der Waals surface area contributed by atoms with E-state index in [-0.39, 0.29) is 10.8 Å². The van der Waals surface area contributed by atoms with E-state index in [0.717, 1.165) is 11.5 Å². The molecule has 5 nitrogen and oxygen atoms in total. The van der Waals surface area contributed by atoms with Gasteiger partial charge in [-0.3, -0.25) is 0 Å². The van der Waals surface area contributed by atoms with Gasteiger partial charge in [0.05, 0.1) is 16.1 Å². The third-order valence-electron chi connectivity index (χ3n) is 13.8. The number of anilines is 6. The number of nitrogens with zero attached hydrogens (tertiary/aromatic N) is 4. The fourth-order valence-electron chi connectivity index (χ4n) is 11.1. The summed E-state index contributed by atoms with van der Waals surface area (Å²) in [5.41, 5.74) is 14.5. The van der Waals surface area contributed by atoms with Gasteiger partial charge in [-0.25, -0.2) is 0 Å². The standard InChI is InChI=1S/C47H46N4OSi2/c1-45(2)29-15-11-13-17-33(29)48-39-25-27(53(5,6)7)23-35-36-24-28(54(8,9)10)26-40-49-34-18-14-12-16-30(34)46(3,4)32-20-22-38-42(44(32)49)47(50(35)39,51(36)40)41-37(52-38)21-19-31(45)43(41)48/h11-26H,1-10H3/q+2. The molecule has 266 valence electrons. The summed E-state index contributed by atoms with van der Waals surface area (Å²) in [5.74, 6) is 4.39. The normalized spacial score (nSPS) is 18.3. The molecule has 12 rings (SSSR count). The summed E-state index contributed by atoms with van der Waals surface area (Å²) in [5, 5.41) is 2.95. The van der Waals surface area contributed by atoms with Gasteiger partial charge in [0.1, 0.15) is 34.0 Å². The van der Waals surface area contributed by atoms with E-state index in [2.05, 4.69) is 183 Å². The first-order chi connectivity index (χ1) is 25.6. The van der Waals surface area contributed by atoms with Crippen molar-refractivity contribution in [3.8, 4) is 22.9 Å². The predicted octanol–water partition coefficient (Wildman–Crippen LogP) is 9.58. The molecule has 6 aliphatic rings. The number of hydrogen-bond acceptors (Lipinski definition) is 3. The molecule has 0 N–H and O–H groups in total. The van der Waals surface area contributed by atoms with Crippen LogP contribution in [0.4, 0.5) is 34.4 Å². The third-order valence-corrected chi connectivity index (χ3v) is 17.9. The van der Waals surface area contributed by atoms with Gasteiger partial charge in [0.15, 0.2) is 22.8 Å². The van der Waals surface area contributed by atoms with Gasteiger partial charge >= 0.3 is 5.66 Å². The highest BCUT2D eigenvalue weighted by Crippen LogP contribution is 2.67. The van der Waals surface area contributed by atoms with Crippen LogP contribution in [0.5, 0.6) is 11.5 Å². The van der Waals surface area contributed by atoms with Gasteiger partial charge in [-0.05, 0) is 46.8 Å². The van der Waals surface area contributed by atoms with Gasteiger partial charge in [0.25, 0.3) is 11.6 Å². The fourth-order valence-corrected chi connectivity index (χ4v) is 13.3. The van der Waals surface area contributed by atoms with E-state index < -0.39 is 21.8 Å². The maximum Gasteiger partial charge on any atom is 0.323 e. The van der Waals surface area contributed by atoms with Gasteiger partial charge in [-0.1, -0.05) is 116 Å². The molecule has 0 atom stereocenters. The lowest BCUT2D eigenvalue weighted by Crippen LogP contribution is -2.77. The van der Waals surface area contributed by atoms with E-state index in [4.69, 9.17) is 4.74 Å². The number of aromatic nitrogens is 2. The van der Waals surface area contributed by atoms with Gasteiger partial charge in [-0.15, -0.1) is 0 Å². The number of para-hydroxylation sites is 2. The maximum atomic E-state index is 7.26. The SMILES string of the molecule is CC1(C)c2ccccc2N2c3c1ccc1c3C34c5c(ccc6c5N(c5ccccc5C6(C)C)c5cc([Si](C)(C)C)cc([n+]53)-c3cc([Si](C)(C)C)cc2[n+]34)O1. The second-order valence-corrected chi connectivity index (χ2v) is 29.7. The molecule has 0 saturated heterocycles. The minimum absolute atomic E-state index is 0.218. The first-order valence-electron chi connectivity index (χ1n) is 19.6. The Bertz CT molecular complexity index is 2610. The van der Waals surface area contributed by atoms with Crippen molar-refractivity contribution in [3.05, 3.63) is 130 Å². The molecule has 54 heavy (non-hydrogen) atoms. The molecule has 6 aromatic rings. The molecule has 2 aromatic heterocycles. The second kappa shape index (κ2) is 9.10. The average molecular weight is 739 g/mol. The highest BCUT2D eigenvalue weighted by molar-refractivity contribution is 6.89. The van der Waals surface area contributed by atoms with E-state index in [0.29, 0.717) is 0 Å². The lowest BCUT2D eigenvalue weighted by molar-refractivity contribution is -0.929. The summed E-state index contributed by atoms with van der Waals surface area (Å²) in [6.45, 7) is 24.6. The number of ether oxygens (including phenoxy) is 1. The average Bonchev–Trinajstić information content (AvgIpc) is 3.42. The number of fused-ring (bicyclic) bond motifs is 7. The highest BCUT2D eigenvalue weighted by atomic mass is 28.3. The first-order valence-corrected chi connectivity index (χ1v) is 26.6. The Morgan fingerprint density at radius 3 is 1.31 bits per heavy atom. The topological polar surface area (TPSA) is 23.5 Å². The molecular weight excluding hydrogens is 693 g/mol. The van der Waals surface area contributed by atoms with E-state index in [1.54, 1.807) is 0 Å². The monoisotopic (exact) mass is 738 g/mol. The Labute approximate surface area is 320 Å². The lowest BCUT2D eigenvalue weighted by Gasteiger charge is -2.49. The van der Waals surface area contributed by atoms with Gasteiger partial charge in [0, 0.05) is 45.2 Å². The van der Waals surface area contributed by atoms with Crippen molar-refractivity contribution < 1.29 is 13.9 Å². The van der Waals surface area contributed by atoms with E-state index in [9.17, 15) is 0 Å². The summed E-state index contributed by atoms with van der Waals surface area (Å²) < 4.78 is 12.8. The Hall–Kier alpha value is -4.99. The van der Waals surface area contributed by atoms with Crippen molar-refractivity contribution in [2.75, 3.05) is 9.80 Å². The largest absolute Gasteiger partial charge is 0.456 e. The van der Waals surface area contributed by atoms with Crippen molar-refractivity contribution in [1.29, 1.82) is 0 Å². The highest BCUT2D eigenvalue weighted by Gasteiger charge is 2.73. The summed E-state index contributed by atoms with van der Waals surface area (Å²) in [4.78, 5) is 5.24. The Balaban J connectivity index is 1.37. The summed E-state index contributed by atoms with van der Waals surface area (Å²) in [7, 11) is -3.62. The molecule has 0 fully saturated rings. The van der Waals surface area contributed by atoms with Crippen LogP contribution in [0.15, 0.2) is 97.1 Å². The number of rotatable bonds is 2. The zero-order valence-corrected chi connectivity index (χ0v) is 34.9. The lowest BCUT2D eigenvalue weighted by atomic mass is 9.67. The zero-order valence-electron chi connectivity index (χ0n) is 32.9. The van der Waals surface area contributed by atoms with Crippen molar-refractivity contribution in [2.24, 2.45) is 0 Å². The Kier molecular flexibility index (Phi) is 5.28. The van der Waals surface area contributed by atoms with Crippen LogP contribution in [0, 0.1) is 0 Å². The van der Waals surface area contributed by atoms with E-state index >= 15 is 0 Å². The van der Waals surface area contributed by atoms with Gasteiger partial charge < -0.3 is 4.74 Å². The number of pyridine rings is 2. The van der Waals surface area contributed by atoms with Crippen molar-refractivity contribution in [3.63, 3.8) is 0 Å². The number of hydrogen-bond donors (Lipinski definition) is 0.